The third-order valence-corrected chi connectivity index (χ3v) is 3.45. The number of oxazole rings is 1. The number of rotatable bonds is 1. The summed E-state index contributed by atoms with van der Waals surface area (Å²) in [4.78, 5) is 4.09. The highest BCUT2D eigenvalue weighted by Crippen LogP contribution is 2.34. The van der Waals surface area contributed by atoms with E-state index in [1.54, 1.807) is 18.2 Å². The number of nitrogens with two attached hydrogens (primary N) is 1. The number of hydrogen-bond donors (Lipinski definition) is 1. The maximum Gasteiger partial charge on any atom is 0.416 e. The molecule has 0 radical (unpaired) electrons. The number of anilines is 1. The van der Waals surface area contributed by atoms with Crippen LogP contribution in [-0.4, -0.2) is 4.98 Å². The molecule has 0 aliphatic rings. The van der Waals surface area contributed by atoms with Gasteiger partial charge in [-0.1, -0.05) is 15.9 Å². The molecule has 2 aromatic carbocycles. The predicted octanol–water partition coefficient (Wildman–Crippen LogP) is 4.86. The predicted molar refractivity (Wildman–Crippen MR) is 76.6 cm³/mol. The zero-order valence-electron chi connectivity index (χ0n) is 10.4. The Bertz CT molecular complexity index is 827. The molecule has 7 heteroatoms. The van der Waals surface area contributed by atoms with Crippen LogP contribution < -0.4 is 5.73 Å². The molecule has 0 amide bonds. The van der Waals surface area contributed by atoms with Crippen LogP contribution >= 0.6 is 15.9 Å². The number of nitrogens with zero attached hydrogens (tertiary/aromatic N) is 1. The van der Waals surface area contributed by atoms with Crippen LogP contribution in [0.3, 0.4) is 0 Å². The first-order valence-electron chi connectivity index (χ1n) is 5.88. The van der Waals surface area contributed by atoms with E-state index in [0.717, 1.165) is 16.6 Å². The van der Waals surface area contributed by atoms with Crippen LogP contribution in [0.2, 0.25) is 0 Å². The highest BCUT2D eigenvalue weighted by Gasteiger charge is 2.31. The van der Waals surface area contributed by atoms with Gasteiger partial charge in [0.15, 0.2) is 5.58 Å². The van der Waals surface area contributed by atoms with Crippen LogP contribution in [0, 0.1) is 0 Å². The Labute approximate surface area is 125 Å². The van der Waals surface area contributed by atoms with Crippen molar-refractivity contribution in [1.29, 1.82) is 0 Å². The Morgan fingerprint density at radius 1 is 1.10 bits per heavy atom. The summed E-state index contributed by atoms with van der Waals surface area (Å²) in [5.41, 5.74) is 6.47. The van der Waals surface area contributed by atoms with E-state index < -0.39 is 11.7 Å². The average molecular weight is 357 g/mol. The first-order chi connectivity index (χ1) is 9.84. The third kappa shape index (κ3) is 2.61. The Hall–Kier alpha value is -2.02. The lowest BCUT2D eigenvalue weighted by atomic mass is 10.2. The van der Waals surface area contributed by atoms with Crippen LogP contribution in [0.25, 0.3) is 22.6 Å². The van der Waals surface area contributed by atoms with E-state index in [1.165, 1.54) is 6.07 Å². The van der Waals surface area contributed by atoms with Gasteiger partial charge in [-0.25, -0.2) is 4.98 Å². The molecule has 0 aliphatic carbocycles. The molecule has 108 valence electrons. The first kappa shape index (κ1) is 13.9. The Balaban J connectivity index is 2.13. The number of alkyl halides is 3. The lowest BCUT2D eigenvalue weighted by molar-refractivity contribution is -0.137. The van der Waals surface area contributed by atoms with Crippen molar-refractivity contribution in [2.45, 2.75) is 6.18 Å². The molecule has 0 saturated carbocycles. The van der Waals surface area contributed by atoms with E-state index in [-0.39, 0.29) is 17.0 Å². The van der Waals surface area contributed by atoms with E-state index in [9.17, 15) is 13.2 Å². The van der Waals surface area contributed by atoms with Gasteiger partial charge in [-0.05, 0) is 36.4 Å². The molecule has 0 atom stereocenters. The molecule has 0 unspecified atom stereocenters. The monoisotopic (exact) mass is 356 g/mol. The molecule has 21 heavy (non-hydrogen) atoms. The van der Waals surface area contributed by atoms with Gasteiger partial charge in [0.05, 0.1) is 11.1 Å². The number of hydrogen-bond acceptors (Lipinski definition) is 3. The lowest BCUT2D eigenvalue weighted by Crippen LogP contribution is -2.03. The molecule has 2 N–H and O–H groups in total. The van der Waals surface area contributed by atoms with Crippen molar-refractivity contribution in [3.8, 4) is 11.5 Å². The van der Waals surface area contributed by atoms with Gasteiger partial charge in [-0.3, -0.25) is 0 Å². The second-order valence-corrected chi connectivity index (χ2v) is 5.35. The van der Waals surface area contributed by atoms with Gasteiger partial charge in [0, 0.05) is 10.2 Å². The van der Waals surface area contributed by atoms with E-state index in [0.29, 0.717) is 11.3 Å². The molecule has 0 fully saturated rings. The zero-order chi connectivity index (χ0) is 15.2. The van der Waals surface area contributed by atoms with Gasteiger partial charge in [-0.2, -0.15) is 13.2 Å². The minimum Gasteiger partial charge on any atom is -0.436 e. The molecule has 3 rings (SSSR count). The van der Waals surface area contributed by atoms with Gasteiger partial charge >= 0.3 is 6.18 Å². The minimum absolute atomic E-state index is 0.141. The second kappa shape index (κ2) is 4.77. The summed E-state index contributed by atoms with van der Waals surface area (Å²) in [6, 6.07) is 8.28. The number of fused-ring (bicyclic) bond motifs is 1. The van der Waals surface area contributed by atoms with Crippen molar-refractivity contribution < 1.29 is 17.6 Å². The summed E-state index contributed by atoms with van der Waals surface area (Å²) in [5.74, 6) is 0.189. The highest BCUT2D eigenvalue weighted by molar-refractivity contribution is 9.10. The van der Waals surface area contributed by atoms with Gasteiger partial charge < -0.3 is 10.2 Å². The summed E-state index contributed by atoms with van der Waals surface area (Å²) >= 11 is 3.28. The fraction of sp³-hybridized carbons (Fsp3) is 0.0714. The van der Waals surface area contributed by atoms with Crippen LogP contribution in [-0.2, 0) is 6.18 Å². The second-order valence-electron chi connectivity index (χ2n) is 4.43. The van der Waals surface area contributed by atoms with Gasteiger partial charge in [0.2, 0.25) is 5.89 Å². The molecular weight excluding hydrogens is 349 g/mol. The number of aromatic nitrogens is 1. The average Bonchev–Trinajstić information content (AvgIpc) is 2.79. The first-order valence-corrected chi connectivity index (χ1v) is 6.67. The highest BCUT2D eigenvalue weighted by atomic mass is 79.9. The van der Waals surface area contributed by atoms with Crippen LogP contribution in [0.5, 0.6) is 0 Å². The topological polar surface area (TPSA) is 52.0 Å². The Morgan fingerprint density at radius 3 is 2.52 bits per heavy atom. The lowest BCUT2D eigenvalue weighted by Gasteiger charge is -2.04. The standard InChI is InChI=1S/C14H8BrF3N2O/c15-8-2-3-9(10(19)6-8)13-20-11-5-7(14(16,17)18)1-4-12(11)21-13/h1-6H,19H2. The van der Waals surface area contributed by atoms with Gasteiger partial charge in [-0.15, -0.1) is 0 Å². The van der Waals surface area contributed by atoms with Crippen LogP contribution in [0.15, 0.2) is 45.3 Å². The minimum atomic E-state index is -4.41. The summed E-state index contributed by atoms with van der Waals surface area (Å²) in [6.45, 7) is 0. The molecular formula is C14H8BrF3N2O. The van der Waals surface area contributed by atoms with E-state index in [2.05, 4.69) is 20.9 Å². The van der Waals surface area contributed by atoms with Crippen LogP contribution in [0.4, 0.5) is 18.9 Å². The number of benzene rings is 2. The smallest absolute Gasteiger partial charge is 0.416 e. The maximum absolute atomic E-state index is 12.7. The molecule has 3 aromatic rings. The van der Waals surface area contributed by atoms with E-state index in [4.69, 9.17) is 10.2 Å². The summed E-state index contributed by atoms with van der Waals surface area (Å²) in [7, 11) is 0. The van der Waals surface area contributed by atoms with Crippen LogP contribution in [0.1, 0.15) is 5.56 Å². The Kier molecular flexibility index (Phi) is 3.16. The summed E-state index contributed by atoms with van der Waals surface area (Å²) in [5, 5.41) is 0. The van der Waals surface area contributed by atoms with Gasteiger partial charge in [0.1, 0.15) is 5.52 Å². The summed E-state index contributed by atoms with van der Waals surface area (Å²) in [6.07, 6.45) is -4.41. The van der Waals surface area contributed by atoms with E-state index in [1.807, 2.05) is 0 Å². The maximum atomic E-state index is 12.7. The fourth-order valence-corrected chi connectivity index (χ4v) is 2.33. The van der Waals surface area contributed by atoms with E-state index >= 15 is 0 Å². The summed E-state index contributed by atoms with van der Waals surface area (Å²) < 4.78 is 44.3. The quantitative estimate of drug-likeness (QED) is 0.633. The Morgan fingerprint density at radius 2 is 1.86 bits per heavy atom. The largest absolute Gasteiger partial charge is 0.436 e. The van der Waals surface area contributed by atoms with Crippen molar-refractivity contribution in [3.63, 3.8) is 0 Å². The number of halogens is 4. The van der Waals surface area contributed by atoms with Crippen molar-refractivity contribution in [2.24, 2.45) is 0 Å². The molecule has 0 aliphatic heterocycles. The zero-order valence-corrected chi connectivity index (χ0v) is 12.0. The molecule has 0 spiro atoms. The van der Waals surface area contributed by atoms with Crippen molar-refractivity contribution in [2.75, 3.05) is 5.73 Å². The SMILES string of the molecule is Nc1cc(Br)ccc1-c1nc2cc(C(F)(F)F)ccc2o1. The molecule has 1 aromatic heterocycles. The molecule has 0 saturated heterocycles. The molecule has 3 nitrogen and oxygen atoms in total. The third-order valence-electron chi connectivity index (χ3n) is 2.96. The van der Waals surface area contributed by atoms with Crippen molar-refractivity contribution in [1.82, 2.24) is 4.98 Å². The molecule has 1 heterocycles. The molecule has 0 bridgehead atoms. The fourth-order valence-electron chi connectivity index (χ4n) is 1.95. The number of nitrogen functional groups attached to an aromatic ring is 1. The van der Waals surface area contributed by atoms with Gasteiger partial charge in [0.25, 0.3) is 0 Å². The normalized spacial score (nSPS) is 12.0. The van der Waals surface area contributed by atoms with Crippen molar-refractivity contribution >= 4 is 32.7 Å². The van der Waals surface area contributed by atoms with Crippen molar-refractivity contribution in [3.05, 3.63) is 46.4 Å².